The van der Waals surface area contributed by atoms with E-state index in [-0.39, 0.29) is 29.7 Å². The molecule has 1 heterocycles. The van der Waals surface area contributed by atoms with Crippen molar-refractivity contribution in [3.05, 3.63) is 32.9 Å². The van der Waals surface area contributed by atoms with Crippen molar-refractivity contribution < 1.29 is 33.4 Å². The van der Waals surface area contributed by atoms with Crippen LogP contribution in [0.5, 0.6) is 5.75 Å². The maximum absolute atomic E-state index is 12.3. The molecular formula is C17H16BrClN2O7. The lowest BCUT2D eigenvalue weighted by Gasteiger charge is -2.11. The Morgan fingerprint density at radius 1 is 1.29 bits per heavy atom. The second-order valence-electron chi connectivity index (χ2n) is 5.36. The molecule has 1 saturated heterocycles. The van der Waals surface area contributed by atoms with Crippen molar-refractivity contribution in [1.29, 1.82) is 0 Å². The van der Waals surface area contributed by atoms with Gasteiger partial charge in [-0.1, -0.05) is 11.6 Å². The third kappa shape index (κ3) is 5.23. The van der Waals surface area contributed by atoms with Crippen molar-refractivity contribution in [2.45, 2.75) is 6.92 Å². The summed E-state index contributed by atoms with van der Waals surface area (Å²) in [4.78, 5) is 47.6. The summed E-state index contributed by atoms with van der Waals surface area (Å²) in [6, 6.07) is 2.34. The van der Waals surface area contributed by atoms with Gasteiger partial charge in [0.2, 0.25) is 0 Å². The van der Waals surface area contributed by atoms with Crippen molar-refractivity contribution in [3.63, 3.8) is 0 Å². The summed E-state index contributed by atoms with van der Waals surface area (Å²) in [7, 11) is 1.16. The molecule has 9 nitrogen and oxygen atoms in total. The number of ether oxygens (including phenoxy) is 3. The van der Waals surface area contributed by atoms with E-state index in [0.717, 1.165) is 12.0 Å². The third-order valence-corrected chi connectivity index (χ3v) is 4.32. The fraction of sp³-hybridized carbons (Fsp3) is 0.294. The van der Waals surface area contributed by atoms with Gasteiger partial charge in [-0.05, 0) is 46.6 Å². The standard InChI is InChI=1S/C17H16BrClN2O7/c1-3-27-14(23)8-28-15-10(18)4-9(5-11(15)19)6-12-16(24)21(17(25)20-12)7-13(22)26-2/h4-6H,3,7-8H2,1-2H3,(H,20,25)/b12-6+. The monoisotopic (exact) mass is 474 g/mol. The largest absolute Gasteiger partial charge is 0.479 e. The van der Waals surface area contributed by atoms with Crippen molar-refractivity contribution in [2.75, 3.05) is 26.9 Å². The number of rotatable bonds is 7. The maximum Gasteiger partial charge on any atom is 0.344 e. The second-order valence-corrected chi connectivity index (χ2v) is 6.62. The molecule has 28 heavy (non-hydrogen) atoms. The van der Waals surface area contributed by atoms with Crippen LogP contribution in [0.4, 0.5) is 4.79 Å². The molecule has 0 bridgehead atoms. The highest BCUT2D eigenvalue weighted by Gasteiger charge is 2.35. The number of esters is 2. The van der Waals surface area contributed by atoms with Crippen molar-refractivity contribution >= 4 is 57.5 Å². The van der Waals surface area contributed by atoms with Crippen LogP contribution in [0, 0.1) is 0 Å². The number of hydrogen-bond donors (Lipinski definition) is 1. The molecule has 1 fully saturated rings. The lowest BCUT2D eigenvalue weighted by molar-refractivity contribution is -0.145. The number of nitrogens with one attached hydrogen (secondary N) is 1. The van der Waals surface area contributed by atoms with Crippen LogP contribution in [0.25, 0.3) is 6.08 Å². The molecule has 0 saturated carbocycles. The molecule has 0 aliphatic carbocycles. The van der Waals surface area contributed by atoms with Gasteiger partial charge in [-0.15, -0.1) is 0 Å². The van der Waals surface area contributed by atoms with E-state index in [4.69, 9.17) is 21.1 Å². The van der Waals surface area contributed by atoms with E-state index in [1.165, 1.54) is 12.1 Å². The number of hydrogen-bond acceptors (Lipinski definition) is 7. The van der Waals surface area contributed by atoms with Crippen LogP contribution in [-0.4, -0.2) is 55.6 Å². The number of carbonyl (C=O) groups excluding carboxylic acids is 4. The Morgan fingerprint density at radius 2 is 2.00 bits per heavy atom. The van der Waals surface area contributed by atoms with Gasteiger partial charge in [0.05, 0.1) is 23.2 Å². The summed E-state index contributed by atoms with van der Waals surface area (Å²) in [5.41, 5.74) is 0.445. The average Bonchev–Trinajstić information content (AvgIpc) is 2.88. The predicted molar refractivity (Wildman–Crippen MR) is 102 cm³/mol. The topological polar surface area (TPSA) is 111 Å². The first-order chi connectivity index (χ1) is 13.3. The molecule has 0 unspecified atom stereocenters. The molecule has 1 aliphatic heterocycles. The molecule has 150 valence electrons. The summed E-state index contributed by atoms with van der Waals surface area (Å²) < 4.78 is 15.0. The highest BCUT2D eigenvalue weighted by Crippen LogP contribution is 2.35. The van der Waals surface area contributed by atoms with Crippen LogP contribution in [0.1, 0.15) is 12.5 Å². The van der Waals surface area contributed by atoms with Crippen LogP contribution in [0.3, 0.4) is 0 Å². The van der Waals surface area contributed by atoms with E-state index in [2.05, 4.69) is 26.0 Å². The summed E-state index contributed by atoms with van der Waals surface area (Å²) in [6.45, 7) is 1.10. The number of amides is 3. The number of imide groups is 1. The molecule has 2 rings (SSSR count). The summed E-state index contributed by atoms with van der Waals surface area (Å²) in [5, 5.41) is 2.55. The van der Waals surface area contributed by atoms with Gasteiger partial charge >= 0.3 is 18.0 Å². The van der Waals surface area contributed by atoms with E-state index in [1.54, 1.807) is 13.0 Å². The summed E-state index contributed by atoms with van der Waals surface area (Å²) >= 11 is 9.46. The summed E-state index contributed by atoms with van der Waals surface area (Å²) in [6.07, 6.45) is 1.39. The molecule has 0 aromatic heterocycles. The zero-order chi connectivity index (χ0) is 20.8. The molecule has 11 heteroatoms. The minimum absolute atomic E-state index is 0.0305. The Bertz CT molecular complexity index is 833. The van der Waals surface area contributed by atoms with E-state index >= 15 is 0 Å². The second kappa shape index (κ2) is 9.56. The Balaban J connectivity index is 2.18. The molecule has 1 N–H and O–H groups in total. The fourth-order valence-corrected chi connectivity index (χ4v) is 3.20. The lowest BCUT2D eigenvalue weighted by Crippen LogP contribution is -2.36. The van der Waals surface area contributed by atoms with Gasteiger partial charge in [0, 0.05) is 0 Å². The van der Waals surface area contributed by atoms with Gasteiger partial charge in [0.1, 0.15) is 12.2 Å². The van der Waals surface area contributed by atoms with Crippen LogP contribution in [0.15, 0.2) is 22.3 Å². The highest BCUT2D eigenvalue weighted by molar-refractivity contribution is 9.10. The van der Waals surface area contributed by atoms with Crippen LogP contribution in [-0.2, 0) is 23.9 Å². The molecule has 0 spiro atoms. The first-order valence-corrected chi connectivity index (χ1v) is 9.12. The number of urea groups is 1. The number of benzene rings is 1. The molecule has 0 atom stereocenters. The Morgan fingerprint density at radius 3 is 2.61 bits per heavy atom. The van der Waals surface area contributed by atoms with Crippen molar-refractivity contribution in [2.24, 2.45) is 0 Å². The highest BCUT2D eigenvalue weighted by atomic mass is 79.9. The number of methoxy groups -OCH3 is 1. The minimum Gasteiger partial charge on any atom is -0.479 e. The fourth-order valence-electron chi connectivity index (χ4n) is 2.21. The Hall–Kier alpha value is -2.59. The van der Waals surface area contributed by atoms with E-state index < -0.39 is 30.4 Å². The average molecular weight is 476 g/mol. The smallest absolute Gasteiger partial charge is 0.344 e. The molecule has 1 aromatic rings. The van der Waals surface area contributed by atoms with Gasteiger partial charge in [0.25, 0.3) is 5.91 Å². The van der Waals surface area contributed by atoms with Gasteiger partial charge in [-0.3, -0.25) is 9.59 Å². The minimum atomic E-state index is -0.735. The van der Waals surface area contributed by atoms with Crippen molar-refractivity contribution in [3.8, 4) is 5.75 Å². The first-order valence-electron chi connectivity index (χ1n) is 7.95. The zero-order valence-corrected chi connectivity index (χ0v) is 17.3. The van der Waals surface area contributed by atoms with Gasteiger partial charge in [0.15, 0.2) is 12.4 Å². The van der Waals surface area contributed by atoms with E-state index in [1.807, 2.05) is 0 Å². The summed E-state index contributed by atoms with van der Waals surface area (Å²) in [5.74, 6) is -1.71. The zero-order valence-electron chi connectivity index (χ0n) is 14.9. The molecule has 1 aliphatic rings. The number of nitrogens with zero attached hydrogens (tertiary/aromatic N) is 1. The van der Waals surface area contributed by atoms with Crippen LogP contribution in [0.2, 0.25) is 5.02 Å². The molecule has 0 radical (unpaired) electrons. The Kier molecular flexibility index (Phi) is 7.41. The van der Waals surface area contributed by atoms with Crippen molar-refractivity contribution in [1.82, 2.24) is 10.2 Å². The number of carbonyl (C=O) groups is 4. The molecular weight excluding hydrogens is 460 g/mol. The third-order valence-electron chi connectivity index (χ3n) is 3.45. The van der Waals surface area contributed by atoms with E-state index in [0.29, 0.717) is 10.0 Å². The van der Waals surface area contributed by atoms with Gasteiger partial charge < -0.3 is 19.5 Å². The van der Waals surface area contributed by atoms with Gasteiger partial charge in [-0.2, -0.15) is 0 Å². The quantitative estimate of drug-likeness (QED) is 0.365. The van der Waals surface area contributed by atoms with Crippen LogP contribution < -0.4 is 10.1 Å². The van der Waals surface area contributed by atoms with Crippen LogP contribution >= 0.6 is 27.5 Å². The maximum atomic E-state index is 12.3. The normalized spacial score (nSPS) is 14.9. The molecule has 1 aromatic carbocycles. The van der Waals surface area contributed by atoms with E-state index in [9.17, 15) is 19.2 Å². The first kappa shape index (κ1) is 21.7. The lowest BCUT2D eigenvalue weighted by atomic mass is 10.2. The Labute approximate surface area is 173 Å². The number of halogens is 2. The SMILES string of the molecule is CCOC(=O)COc1c(Cl)cc(/C=C2/NC(=O)N(CC(=O)OC)C2=O)cc1Br. The van der Waals surface area contributed by atoms with Gasteiger partial charge in [-0.25, -0.2) is 14.5 Å². The molecule has 3 amide bonds. The predicted octanol–water partition coefficient (Wildman–Crippen LogP) is 2.11.